The molecular formula is C18H30Cl2N4O. The summed E-state index contributed by atoms with van der Waals surface area (Å²) in [5, 5.41) is 3.39. The van der Waals surface area contributed by atoms with Gasteiger partial charge in [0.25, 0.3) is 0 Å². The van der Waals surface area contributed by atoms with Crippen molar-refractivity contribution in [3.8, 4) is 0 Å². The highest BCUT2D eigenvalue weighted by atomic mass is 35.5. The Labute approximate surface area is 163 Å². The number of amides is 1. The second-order valence-electron chi connectivity index (χ2n) is 6.73. The number of halogens is 2. The minimum atomic E-state index is 0. The Morgan fingerprint density at radius 3 is 2.32 bits per heavy atom. The predicted octanol–water partition coefficient (Wildman–Crippen LogP) is 1.47. The monoisotopic (exact) mass is 388 g/mol. The van der Waals surface area contributed by atoms with Crippen LogP contribution in [0.15, 0.2) is 30.3 Å². The second-order valence-corrected chi connectivity index (χ2v) is 6.73. The molecule has 0 spiro atoms. The van der Waals surface area contributed by atoms with Gasteiger partial charge in [-0.25, -0.2) is 0 Å². The number of piperazine rings is 2. The van der Waals surface area contributed by atoms with Gasteiger partial charge in [0.15, 0.2) is 0 Å². The average Bonchev–Trinajstić information content (AvgIpc) is 2.57. The number of carbonyl (C=O) groups excluding carboxylic acids is 1. The molecule has 1 aromatic rings. The lowest BCUT2D eigenvalue weighted by Crippen LogP contribution is -2.55. The Kier molecular flexibility index (Phi) is 9.75. The van der Waals surface area contributed by atoms with Crippen LogP contribution in [0.3, 0.4) is 0 Å². The lowest BCUT2D eigenvalue weighted by Gasteiger charge is -2.37. The summed E-state index contributed by atoms with van der Waals surface area (Å²) in [6.45, 7) is 10.4. The maximum atomic E-state index is 12.4. The van der Waals surface area contributed by atoms with E-state index in [4.69, 9.17) is 0 Å². The van der Waals surface area contributed by atoms with Crippen LogP contribution in [0.4, 0.5) is 0 Å². The number of nitrogens with zero attached hydrogens (tertiary/aromatic N) is 3. The minimum Gasteiger partial charge on any atom is -0.339 e. The van der Waals surface area contributed by atoms with E-state index in [-0.39, 0.29) is 30.7 Å². The summed E-state index contributed by atoms with van der Waals surface area (Å²) in [5.41, 5.74) is 1.37. The molecule has 7 heteroatoms. The van der Waals surface area contributed by atoms with Crippen molar-refractivity contribution in [1.29, 1.82) is 0 Å². The van der Waals surface area contributed by atoms with Crippen LogP contribution in [-0.2, 0) is 11.3 Å². The lowest BCUT2D eigenvalue weighted by atomic mass is 10.2. The topological polar surface area (TPSA) is 38.8 Å². The van der Waals surface area contributed by atoms with Crippen molar-refractivity contribution in [2.24, 2.45) is 0 Å². The van der Waals surface area contributed by atoms with Crippen molar-refractivity contribution >= 4 is 30.7 Å². The van der Waals surface area contributed by atoms with Crippen molar-refractivity contribution in [2.75, 3.05) is 52.4 Å². The molecule has 0 bridgehead atoms. The molecule has 2 aliphatic heterocycles. The number of carbonyl (C=O) groups is 1. The maximum absolute atomic E-state index is 12.4. The third-order valence-electron chi connectivity index (χ3n) is 4.79. The van der Waals surface area contributed by atoms with E-state index < -0.39 is 0 Å². The van der Waals surface area contributed by atoms with Crippen LogP contribution >= 0.6 is 24.8 Å². The fourth-order valence-electron chi connectivity index (χ4n) is 3.40. The van der Waals surface area contributed by atoms with Crippen LogP contribution in [-0.4, -0.2) is 79.0 Å². The molecule has 2 fully saturated rings. The maximum Gasteiger partial charge on any atom is 0.236 e. The van der Waals surface area contributed by atoms with Gasteiger partial charge >= 0.3 is 0 Å². The Morgan fingerprint density at radius 1 is 1.04 bits per heavy atom. The molecule has 25 heavy (non-hydrogen) atoms. The van der Waals surface area contributed by atoms with Crippen molar-refractivity contribution in [2.45, 2.75) is 19.5 Å². The van der Waals surface area contributed by atoms with Gasteiger partial charge in [0.1, 0.15) is 0 Å². The molecule has 1 aromatic carbocycles. The van der Waals surface area contributed by atoms with Crippen molar-refractivity contribution in [1.82, 2.24) is 20.0 Å². The van der Waals surface area contributed by atoms with Gasteiger partial charge in [-0.05, 0) is 12.5 Å². The fraction of sp³-hybridized carbons (Fsp3) is 0.611. The molecule has 2 aliphatic rings. The van der Waals surface area contributed by atoms with Crippen LogP contribution in [0.25, 0.3) is 0 Å². The molecule has 5 nitrogen and oxygen atoms in total. The molecule has 0 saturated carbocycles. The zero-order chi connectivity index (χ0) is 16.1. The first-order valence-electron chi connectivity index (χ1n) is 8.70. The molecule has 2 heterocycles. The first-order chi connectivity index (χ1) is 11.2. The highest BCUT2D eigenvalue weighted by Crippen LogP contribution is 2.09. The minimum absolute atomic E-state index is 0. The largest absolute Gasteiger partial charge is 0.339 e. The summed E-state index contributed by atoms with van der Waals surface area (Å²) >= 11 is 0. The smallest absolute Gasteiger partial charge is 0.236 e. The fourth-order valence-corrected chi connectivity index (χ4v) is 3.40. The normalized spacial score (nSPS) is 22.0. The van der Waals surface area contributed by atoms with Gasteiger partial charge in [-0.2, -0.15) is 0 Å². The van der Waals surface area contributed by atoms with E-state index >= 15 is 0 Å². The Hall–Kier alpha value is -0.850. The first-order valence-corrected chi connectivity index (χ1v) is 8.70. The van der Waals surface area contributed by atoms with Crippen molar-refractivity contribution in [3.05, 3.63) is 35.9 Å². The van der Waals surface area contributed by atoms with Crippen LogP contribution < -0.4 is 5.32 Å². The summed E-state index contributed by atoms with van der Waals surface area (Å²) in [5.74, 6) is 0.287. The molecule has 1 amide bonds. The van der Waals surface area contributed by atoms with Gasteiger partial charge in [0.05, 0.1) is 6.54 Å². The number of hydrogen-bond acceptors (Lipinski definition) is 4. The van der Waals surface area contributed by atoms with Gasteiger partial charge in [0, 0.05) is 58.4 Å². The SMILES string of the molecule is CC1CN(C(=O)CN2CCN(Cc3ccccc3)CC2)CCN1.Cl.Cl. The van der Waals surface area contributed by atoms with Gasteiger partial charge in [-0.15, -0.1) is 24.8 Å². The molecule has 1 N–H and O–H groups in total. The van der Waals surface area contributed by atoms with Gasteiger partial charge in [-0.1, -0.05) is 30.3 Å². The zero-order valence-electron chi connectivity index (χ0n) is 14.9. The summed E-state index contributed by atoms with van der Waals surface area (Å²) in [4.78, 5) is 19.2. The van der Waals surface area contributed by atoms with E-state index in [1.807, 2.05) is 4.90 Å². The predicted molar refractivity (Wildman–Crippen MR) is 107 cm³/mol. The molecule has 2 saturated heterocycles. The van der Waals surface area contributed by atoms with Crippen molar-refractivity contribution in [3.63, 3.8) is 0 Å². The number of benzene rings is 1. The number of rotatable bonds is 4. The zero-order valence-corrected chi connectivity index (χ0v) is 16.5. The van der Waals surface area contributed by atoms with E-state index in [1.54, 1.807) is 0 Å². The highest BCUT2D eigenvalue weighted by Gasteiger charge is 2.24. The standard InChI is InChI=1S/C18H28N4O.2ClH/c1-16-13-22(8-7-19-16)18(23)15-21-11-9-20(10-12-21)14-17-5-3-2-4-6-17;;/h2-6,16,19H,7-15H2,1H3;2*1H. The summed E-state index contributed by atoms with van der Waals surface area (Å²) < 4.78 is 0. The van der Waals surface area contributed by atoms with Crippen molar-refractivity contribution < 1.29 is 4.79 Å². The van der Waals surface area contributed by atoms with E-state index in [9.17, 15) is 4.79 Å². The van der Waals surface area contributed by atoms with Crippen LogP contribution in [0.2, 0.25) is 0 Å². The van der Waals surface area contributed by atoms with E-state index in [1.165, 1.54) is 5.56 Å². The molecule has 0 radical (unpaired) electrons. The van der Waals surface area contributed by atoms with Gasteiger partial charge in [-0.3, -0.25) is 14.6 Å². The molecule has 142 valence electrons. The highest BCUT2D eigenvalue weighted by molar-refractivity contribution is 5.85. The second kappa shape index (κ2) is 11.0. The summed E-state index contributed by atoms with van der Waals surface area (Å²) in [6.07, 6.45) is 0. The van der Waals surface area contributed by atoms with Crippen LogP contribution in [0, 0.1) is 0 Å². The molecule has 0 aliphatic carbocycles. The van der Waals surface area contributed by atoms with Crippen LogP contribution in [0.1, 0.15) is 12.5 Å². The molecule has 1 atom stereocenters. The average molecular weight is 389 g/mol. The Morgan fingerprint density at radius 2 is 1.68 bits per heavy atom. The summed E-state index contributed by atoms with van der Waals surface area (Å²) in [6, 6.07) is 11.0. The van der Waals surface area contributed by atoms with E-state index in [0.29, 0.717) is 12.6 Å². The molecule has 0 aromatic heterocycles. The van der Waals surface area contributed by atoms with E-state index in [2.05, 4.69) is 52.4 Å². The number of nitrogens with one attached hydrogen (secondary N) is 1. The molecule has 3 rings (SSSR count). The van der Waals surface area contributed by atoms with E-state index in [0.717, 1.165) is 52.4 Å². The molecule has 1 unspecified atom stereocenters. The summed E-state index contributed by atoms with van der Waals surface area (Å²) in [7, 11) is 0. The third-order valence-corrected chi connectivity index (χ3v) is 4.79. The van der Waals surface area contributed by atoms with Gasteiger partial charge in [0.2, 0.25) is 5.91 Å². The van der Waals surface area contributed by atoms with Crippen LogP contribution in [0.5, 0.6) is 0 Å². The van der Waals surface area contributed by atoms with Gasteiger partial charge < -0.3 is 10.2 Å². The molecular weight excluding hydrogens is 359 g/mol. The Balaban J connectivity index is 0.00000156. The number of hydrogen-bond donors (Lipinski definition) is 1. The lowest BCUT2D eigenvalue weighted by molar-refractivity contribution is -0.134. The first kappa shape index (κ1) is 22.2. The Bertz CT molecular complexity index is 509. The quantitative estimate of drug-likeness (QED) is 0.847. The third kappa shape index (κ3) is 6.76.